The third-order valence-electron chi connectivity index (χ3n) is 4.61. The molecular weight excluding hydrogens is 222 g/mol. The lowest BCUT2D eigenvalue weighted by Crippen LogP contribution is -2.41. The van der Waals surface area contributed by atoms with Crippen molar-refractivity contribution in [2.45, 2.75) is 57.5 Å². The maximum atomic E-state index is 4.62. The molecule has 2 unspecified atom stereocenters. The molecule has 0 spiro atoms. The number of piperidine rings is 1. The van der Waals surface area contributed by atoms with E-state index >= 15 is 0 Å². The molecule has 3 heterocycles. The lowest BCUT2D eigenvalue weighted by molar-refractivity contribution is 0.541. The van der Waals surface area contributed by atoms with Gasteiger partial charge in [-0.25, -0.2) is 9.97 Å². The number of aryl methyl sites for hydroxylation is 1. The second-order valence-corrected chi connectivity index (χ2v) is 5.87. The molecule has 0 N–H and O–H groups in total. The Balaban J connectivity index is 1.66. The molecule has 1 saturated carbocycles. The number of nitrogens with zero attached hydrogens (tertiary/aromatic N) is 3. The van der Waals surface area contributed by atoms with Crippen molar-refractivity contribution in [3.63, 3.8) is 0 Å². The molecule has 0 radical (unpaired) electrons. The minimum absolute atomic E-state index is 0.696. The maximum Gasteiger partial charge on any atom is 0.132 e. The summed E-state index contributed by atoms with van der Waals surface area (Å²) in [5.41, 5.74) is 3.55. The highest BCUT2D eigenvalue weighted by atomic mass is 15.3. The molecule has 3 nitrogen and oxygen atoms in total. The van der Waals surface area contributed by atoms with Crippen LogP contribution >= 0.6 is 0 Å². The summed E-state index contributed by atoms with van der Waals surface area (Å²) in [7, 11) is 0. The monoisotopic (exact) mass is 241 g/mol. The third-order valence-corrected chi connectivity index (χ3v) is 4.61. The average molecular weight is 241 g/mol. The van der Waals surface area contributed by atoms with Gasteiger partial charge in [0.25, 0.3) is 0 Å². The van der Waals surface area contributed by atoms with Crippen molar-refractivity contribution in [3.05, 3.63) is 29.2 Å². The molecule has 1 aromatic rings. The van der Waals surface area contributed by atoms with Crippen molar-refractivity contribution in [2.24, 2.45) is 0 Å². The number of allylic oxidation sites excluding steroid dienone is 1. The quantitative estimate of drug-likeness (QED) is 0.708. The topological polar surface area (TPSA) is 29.0 Å². The highest BCUT2D eigenvalue weighted by Gasteiger charge is 2.40. The summed E-state index contributed by atoms with van der Waals surface area (Å²) in [4.78, 5) is 11.4. The zero-order valence-electron chi connectivity index (χ0n) is 10.9. The summed E-state index contributed by atoms with van der Waals surface area (Å²) in [6, 6.07) is 3.47. The van der Waals surface area contributed by atoms with E-state index in [2.05, 4.69) is 20.9 Å². The Morgan fingerprint density at radius 3 is 2.44 bits per heavy atom. The molecule has 3 heteroatoms. The summed E-state index contributed by atoms with van der Waals surface area (Å²) < 4.78 is 0. The van der Waals surface area contributed by atoms with Gasteiger partial charge in [0.15, 0.2) is 0 Å². The van der Waals surface area contributed by atoms with E-state index in [1.54, 1.807) is 11.1 Å². The van der Waals surface area contributed by atoms with E-state index in [-0.39, 0.29) is 0 Å². The van der Waals surface area contributed by atoms with E-state index in [1.165, 1.54) is 38.5 Å². The minimum Gasteiger partial charge on any atom is -0.350 e. The van der Waals surface area contributed by atoms with E-state index in [9.17, 15) is 0 Å². The normalized spacial score (nSPS) is 29.9. The van der Waals surface area contributed by atoms with Crippen LogP contribution in [0.2, 0.25) is 0 Å². The number of hydrogen-bond acceptors (Lipinski definition) is 3. The highest BCUT2D eigenvalue weighted by molar-refractivity contribution is 5.46. The second-order valence-electron chi connectivity index (χ2n) is 5.87. The largest absolute Gasteiger partial charge is 0.350 e. The Kier molecular flexibility index (Phi) is 2.23. The van der Waals surface area contributed by atoms with Gasteiger partial charge in [0, 0.05) is 18.3 Å². The van der Waals surface area contributed by atoms with E-state index in [1.807, 2.05) is 13.1 Å². The first-order chi connectivity index (χ1) is 8.81. The van der Waals surface area contributed by atoms with Gasteiger partial charge in [-0.2, -0.15) is 0 Å². The first-order valence-electron chi connectivity index (χ1n) is 7.09. The maximum absolute atomic E-state index is 4.62. The van der Waals surface area contributed by atoms with Gasteiger partial charge in [0.2, 0.25) is 0 Å². The van der Waals surface area contributed by atoms with Crippen LogP contribution in [0.1, 0.15) is 44.3 Å². The fourth-order valence-electron chi connectivity index (χ4n) is 3.68. The van der Waals surface area contributed by atoms with Gasteiger partial charge >= 0.3 is 0 Å². The van der Waals surface area contributed by atoms with Crippen LogP contribution in [0.15, 0.2) is 23.4 Å². The fourth-order valence-corrected chi connectivity index (χ4v) is 3.68. The van der Waals surface area contributed by atoms with Crippen LogP contribution in [0, 0.1) is 6.92 Å². The van der Waals surface area contributed by atoms with E-state index in [4.69, 9.17) is 0 Å². The SMILES string of the molecule is Cc1nccc(N2C3CCC2CC(=C2CC2)C3)n1. The fraction of sp³-hybridized carbons (Fsp3) is 0.600. The van der Waals surface area contributed by atoms with Crippen molar-refractivity contribution in [3.8, 4) is 0 Å². The zero-order valence-corrected chi connectivity index (χ0v) is 10.9. The van der Waals surface area contributed by atoms with E-state index in [0.29, 0.717) is 12.1 Å². The van der Waals surface area contributed by atoms with Crippen LogP contribution in [0.3, 0.4) is 0 Å². The first kappa shape index (κ1) is 10.5. The molecule has 4 rings (SSSR count). The third kappa shape index (κ3) is 1.64. The Morgan fingerprint density at radius 2 is 1.83 bits per heavy atom. The number of fused-ring (bicyclic) bond motifs is 2. The summed E-state index contributed by atoms with van der Waals surface area (Å²) in [6.07, 6.45) is 9.90. The zero-order chi connectivity index (χ0) is 12.1. The van der Waals surface area contributed by atoms with Gasteiger partial charge in [0.1, 0.15) is 11.6 Å². The van der Waals surface area contributed by atoms with Crippen molar-refractivity contribution in [1.29, 1.82) is 0 Å². The molecule has 94 valence electrons. The van der Waals surface area contributed by atoms with Crippen LogP contribution in [0.25, 0.3) is 0 Å². The van der Waals surface area contributed by atoms with Crippen molar-refractivity contribution >= 4 is 5.82 Å². The minimum atomic E-state index is 0.696. The molecule has 2 aliphatic heterocycles. The van der Waals surface area contributed by atoms with Crippen molar-refractivity contribution < 1.29 is 0 Å². The number of anilines is 1. The highest BCUT2D eigenvalue weighted by Crippen LogP contribution is 2.45. The van der Waals surface area contributed by atoms with Crippen LogP contribution in [0.4, 0.5) is 5.82 Å². The Bertz CT molecular complexity index is 498. The predicted molar refractivity (Wildman–Crippen MR) is 71.6 cm³/mol. The molecule has 2 saturated heterocycles. The Hall–Kier alpha value is -1.38. The van der Waals surface area contributed by atoms with E-state index in [0.717, 1.165) is 11.6 Å². The molecule has 0 amide bonds. The molecule has 1 aromatic heterocycles. The molecule has 2 bridgehead atoms. The molecule has 1 aliphatic carbocycles. The standard InChI is InChI=1S/C15H19N3/c1-10-16-7-6-15(17-10)18-13-4-5-14(18)9-12(8-13)11-2-3-11/h6-7,13-14H,2-5,8-9H2,1H3. The predicted octanol–water partition coefficient (Wildman–Crippen LogP) is 3.01. The Labute approximate surface area is 108 Å². The van der Waals surface area contributed by atoms with Crippen LogP contribution in [-0.4, -0.2) is 22.1 Å². The molecule has 3 fully saturated rings. The van der Waals surface area contributed by atoms with Gasteiger partial charge in [0.05, 0.1) is 0 Å². The van der Waals surface area contributed by atoms with Crippen LogP contribution in [0.5, 0.6) is 0 Å². The average Bonchev–Trinajstić information content (AvgIpc) is 3.16. The lowest BCUT2D eigenvalue weighted by atomic mass is 9.96. The summed E-state index contributed by atoms with van der Waals surface area (Å²) in [6.45, 7) is 1.98. The van der Waals surface area contributed by atoms with Gasteiger partial charge in [-0.1, -0.05) is 11.1 Å². The molecule has 3 aliphatic rings. The number of hydrogen-bond donors (Lipinski definition) is 0. The second kappa shape index (κ2) is 3.81. The van der Waals surface area contributed by atoms with E-state index < -0.39 is 0 Å². The Morgan fingerprint density at radius 1 is 1.11 bits per heavy atom. The molecular formula is C15H19N3. The number of aromatic nitrogens is 2. The molecule has 18 heavy (non-hydrogen) atoms. The summed E-state index contributed by atoms with van der Waals surface area (Å²) >= 11 is 0. The smallest absolute Gasteiger partial charge is 0.132 e. The lowest BCUT2D eigenvalue weighted by Gasteiger charge is -2.37. The van der Waals surface area contributed by atoms with Crippen LogP contribution in [-0.2, 0) is 0 Å². The summed E-state index contributed by atoms with van der Waals surface area (Å²) in [5, 5.41) is 0. The first-order valence-corrected chi connectivity index (χ1v) is 7.09. The summed E-state index contributed by atoms with van der Waals surface area (Å²) in [5.74, 6) is 2.04. The van der Waals surface area contributed by atoms with Gasteiger partial charge in [-0.15, -0.1) is 0 Å². The van der Waals surface area contributed by atoms with Crippen molar-refractivity contribution in [1.82, 2.24) is 9.97 Å². The van der Waals surface area contributed by atoms with Gasteiger partial charge < -0.3 is 4.90 Å². The van der Waals surface area contributed by atoms with Gasteiger partial charge in [-0.05, 0) is 51.5 Å². The van der Waals surface area contributed by atoms with Crippen molar-refractivity contribution in [2.75, 3.05) is 4.90 Å². The van der Waals surface area contributed by atoms with Crippen LogP contribution < -0.4 is 4.90 Å². The molecule has 2 atom stereocenters. The molecule has 0 aromatic carbocycles. The number of rotatable bonds is 1. The van der Waals surface area contributed by atoms with Gasteiger partial charge in [-0.3, -0.25) is 0 Å².